The van der Waals surface area contributed by atoms with Gasteiger partial charge in [-0.1, -0.05) is 25.7 Å². The van der Waals surface area contributed by atoms with E-state index in [4.69, 9.17) is 9.47 Å². The topological polar surface area (TPSA) is 55.8 Å². The molecule has 0 saturated carbocycles. The van der Waals surface area contributed by atoms with Gasteiger partial charge in [-0.2, -0.15) is 0 Å². The largest absolute Gasteiger partial charge is 0.465 e. The highest BCUT2D eigenvalue weighted by Crippen LogP contribution is 2.26. The molecule has 0 aliphatic rings. The molecule has 3 atom stereocenters. The molecule has 0 radical (unpaired) electrons. The summed E-state index contributed by atoms with van der Waals surface area (Å²) < 4.78 is 11.0. The van der Waals surface area contributed by atoms with E-state index < -0.39 is 23.7 Å². The number of aliphatic hydroxyl groups is 1. The molecular formula is C18H32O4. The lowest BCUT2D eigenvalue weighted by Crippen LogP contribution is -2.42. The second-order valence-corrected chi connectivity index (χ2v) is 6.18. The van der Waals surface area contributed by atoms with Gasteiger partial charge in [-0.05, 0) is 41.0 Å². The summed E-state index contributed by atoms with van der Waals surface area (Å²) in [5.41, 5.74) is -0.878. The van der Waals surface area contributed by atoms with Gasteiger partial charge in [0.15, 0.2) is 0 Å². The minimum absolute atomic E-state index is 0.324. The van der Waals surface area contributed by atoms with Crippen molar-refractivity contribution in [3.05, 3.63) is 0 Å². The third kappa shape index (κ3) is 7.29. The maximum Gasteiger partial charge on any atom is 0.315 e. The Kier molecular flexibility index (Phi) is 10.1. The van der Waals surface area contributed by atoms with Crippen LogP contribution in [0, 0.1) is 17.3 Å². The first kappa shape index (κ1) is 20.9. The fraction of sp³-hybridized carbons (Fsp3) is 0.833. The molecule has 128 valence electrons. The number of rotatable bonds is 9. The number of carbonyl (C=O) groups is 1. The fourth-order valence-electron chi connectivity index (χ4n) is 1.77. The number of aliphatic hydroxyl groups excluding tert-OH is 1. The first-order valence-electron chi connectivity index (χ1n) is 8.26. The number of esters is 1. The van der Waals surface area contributed by atoms with E-state index >= 15 is 0 Å². The zero-order chi connectivity index (χ0) is 17.2. The molecule has 0 fully saturated rings. The van der Waals surface area contributed by atoms with E-state index in [1.54, 1.807) is 34.6 Å². The molecule has 0 rings (SSSR count). The van der Waals surface area contributed by atoms with Gasteiger partial charge in [0.1, 0.15) is 6.10 Å². The predicted octanol–water partition coefficient (Wildman–Crippen LogP) is 3.31. The van der Waals surface area contributed by atoms with Crippen molar-refractivity contribution in [1.29, 1.82) is 0 Å². The Morgan fingerprint density at radius 1 is 1.23 bits per heavy atom. The molecule has 0 bridgehead atoms. The van der Waals surface area contributed by atoms with Crippen molar-refractivity contribution in [3.63, 3.8) is 0 Å². The Bertz CT molecular complexity index is 376. The van der Waals surface area contributed by atoms with Crippen molar-refractivity contribution in [2.45, 2.75) is 85.5 Å². The summed E-state index contributed by atoms with van der Waals surface area (Å²) >= 11 is 0. The smallest absolute Gasteiger partial charge is 0.315 e. The fourth-order valence-corrected chi connectivity index (χ4v) is 1.77. The van der Waals surface area contributed by atoms with Crippen molar-refractivity contribution in [3.8, 4) is 11.8 Å². The summed E-state index contributed by atoms with van der Waals surface area (Å²) in [6.07, 6.45) is 2.50. The van der Waals surface area contributed by atoms with Crippen LogP contribution in [0.1, 0.15) is 67.2 Å². The van der Waals surface area contributed by atoms with E-state index in [0.717, 1.165) is 25.7 Å². The second kappa shape index (κ2) is 10.6. The van der Waals surface area contributed by atoms with Gasteiger partial charge in [0.05, 0.1) is 24.2 Å². The molecule has 0 aliphatic heterocycles. The van der Waals surface area contributed by atoms with Crippen molar-refractivity contribution < 1.29 is 19.4 Å². The average Bonchev–Trinajstić information content (AvgIpc) is 2.45. The van der Waals surface area contributed by atoms with Crippen molar-refractivity contribution >= 4 is 5.97 Å². The summed E-state index contributed by atoms with van der Waals surface area (Å²) in [5.74, 6) is 5.83. The van der Waals surface area contributed by atoms with Crippen LogP contribution in [0.25, 0.3) is 0 Å². The van der Waals surface area contributed by atoms with E-state index in [-0.39, 0.29) is 5.97 Å². The standard InChI is InChI=1S/C18H32O4/c1-7-9-10-11-12-13-16(22-15(4)14(3)19)18(5,6)17(20)21-8-2/h14-16,19H,7-11H2,1-6H3/t14-,15+,16-/m0/s1. The third-order valence-electron chi connectivity index (χ3n) is 3.63. The molecule has 0 heterocycles. The van der Waals surface area contributed by atoms with Gasteiger partial charge < -0.3 is 14.6 Å². The number of unbranched alkanes of at least 4 members (excludes halogenated alkanes) is 3. The zero-order valence-corrected chi connectivity index (χ0v) is 14.9. The average molecular weight is 312 g/mol. The first-order valence-corrected chi connectivity index (χ1v) is 8.26. The van der Waals surface area contributed by atoms with Crippen molar-refractivity contribution in [2.24, 2.45) is 5.41 Å². The van der Waals surface area contributed by atoms with Gasteiger partial charge in [0, 0.05) is 6.42 Å². The van der Waals surface area contributed by atoms with Crippen molar-refractivity contribution in [1.82, 2.24) is 0 Å². The van der Waals surface area contributed by atoms with Crippen LogP contribution in [0.2, 0.25) is 0 Å². The lowest BCUT2D eigenvalue weighted by Gasteiger charge is -2.31. The Morgan fingerprint density at radius 2 is 1.86 bits per heavy atom. The molecule has 0 amide bonds. The van der Waals surface area contributed by atoms with Crippen molar-refractivity contribution in [2.75, 3.05) is 6.61 Å². The Hall–Kier alpha value is -1.05. The lowest BCUT2D eigenvalue weighted by molar-refractivity contribution is -0.164. The molecule has 0 saturated heterocycles. The molecule has 0 spiro atoms. The van der Waals surface area contributed by atoms with E-state index in [1.165, 1.54) is 0 Å². The van der Waals surface area contributed by atoms with Gasteiger partial charge >= 0.3 is 5.97 Å². The maximum atomic E-state index is 12.2. The Balaban J connectivity index is 5.02. The highest BCUT2D eigenvalue weighted by Gasteiger charge is 2.39. The summed E-state index contributed by atoms with van der Waals surface area (Å²) in [7, 11) is 0. The number of hydrogen-bond donors (Lipinski definition) is 1. The molecule has 22 heavy (non-hydrogen) atoms. The molecule has 0 aromatic heterocycles. The van der Waals surface area contributed by atoms with E-state index in [1.807, 2.05) is 0 Å². The summed E-state index contributed by atoms with van der Waals surface area (Å²) in [6.45, 7) is 11.2. The molecule has 0 aromatic rings. The molecule has 4 heteroatoms. The van der Waals surface area contributed by atoms with Crippen LogP contribution in [0.5, 0.6) is 0 Å². The lowest BCUT2D eigenvalue weighted by atomic mass is 9.86. The summed E-state index contributed by atoms with van der Waals surface area (Å²) in [6, 6.07) is 0. The Morgan fingerprint density at radius 3 is 2.36 bits per heavy atom. The zero-order valence-electron chi connectivity index (χ0n) is 14.9. The van der Waals surface area contributed by atoms with Crippen LogP contribution in [0.4, 0.5) is 0 Å². The van der Waals surface area contributed by atoms with Crippen LogP contribution in [-0.2, 0) is 14.3 Å². The van der Waals surface area contributed by atoms with Gasteiger partial charge in [0.25, 0.3) is 0 Å². The second-order valence-electron chi connectivity index (χ2n) is 6.18. The monoisotopic (exact) mass is 312 g/mol. The van der Waals surface area contributed by atoms with Crippen LogP contribution < -0.4 is 0 Å². The van der Waals surface area contributed by atoms with Crippen LogP contribution in [0.15, 0.2) is 0 Å². The SMILES string of the molecule is CCCCCC#C[C@H](O[C@H](C)[C@H](C)O)C(C)(C)C(=O)OCC. The number of carbonyl (C=O) groups excluding carboxylic acids is 1. The first-order chi connectivity index (χ1) is 10.3. The number of ether oxygens (including phenoxy) is 2. The minimum Gasteiger partial charge on any atom is -0.465 e. The quantitative estimate of drug-likeness (QED) is 0.403. The predicted molar refractivity (Wildman–Crippen MR) is 88.3 cm³/mol. The molecule has 1 N–H and O–H groups in total. The molecule has 4 nitrogen and oxygen atoms in total. The highest BCUT2D eigenvalue weighted by molar-refractivity contribution is 5.77. The van der Waals surface area contributed by atoms with Crippen LogP contribution >= 0.6 is 0 Å². The number of hydrogen-bond acceptors (Lipinski definition) is 4. The van der Waals surface area contributed by atoms with E-state index in [0.29, 0.717) is 6.61 Å². The summed E-state index contributed by atoms with van der Waals surface area (Å²) in [4.78, 5) is 12.2. The molecule has 0 aliphatic carbocycles. The Labute approximate surface area is 135 Å². The highest BCUT2D eigenvalue weighted by atomic mass is 16.5. The van der Waals surface area contributed by atoms with Gasteiger partial charge in [-0.3, -0.25) is 4.79 Å². The van der Waals surface area contributed by atoms with E-state index in [2.05, 4.69) is 18.8 Å². The molecular weight excluding hydrogens is 280 g/mol. The van der Waals surface area contributed by atoms with Gasteiger partial charge in [0.2, 0.25) is 0 Å². The summed E-state index contributed by atoms with van der Waals surface area (Å²) in [5, 5.41) is 9.63. The van der Waals surface area contributed by atoms with E-state index in [9.17, 15) is 9.90 Å². The molecule has 0 aromatic carbocycles. The maximum absolute atomic E-state index is 12.2. The van der Waals surface area contributed by atoms with Gasteiger partial charge in [-0.15, -0.1) is 5.92 Å². The normalized spacial score (nSPS) is 15.4. The van der Waals surface area contributed by atoms with Crippen LogP contribution in [-0.4, -0.2) is 36.0 Å². The third-order valence-corrected chi connectivity index (χ3v) is 3.63. The van der Waals surface area contributed by atoms with Gasteiger partial charge in [-0.25, -0.2) is 0 Å². The molecule has 0 unspecified atom stereocenters. The minimum atomic E-state index is -0.878. The van der Waals surface area contributed by atoms with Crippen LogP contribution in [0.3, 0.4) is 0 Å².